The number of aromatic nitrogens is 2. The van der Waals surface area contributed by atoms with Gasteiger partial charge in [-0.2, -0.15) is 0 Å². The van der Waals surface area contributed by atoms with Gasteiger partial charge in [-0.3, -0.25) is 0 Å². The number of fused-ring (bicyclic) bond motifs is 1. The molecule has 6 nitrogen and oxygen atoms in total. The lowest BCUT2D eigenvalue weighted by Gasteiger charge is -2.28. The smallest absolute Gasteiger partial charge is 0.162 e. The van der Waals surface area contributed by atoms with E-state index in [4.69, 9.17) is 14.5 Å². The molecule has 1 aliphatic rings. The second kappa shape index (κ2) is 7.72. The van der Waals surface area contributed by atoms with Gasteiger partial charge in [0.15, 0.2) is 11.5 Å². The lowest BCUT2D eigenvalue weighted by atomic mass is 9.90. The Labute approximate surface area is 166 Å². The van der Waals surface area contributed by atoms with Crippen molar-refractivity contribution in [3.8, 4) is 11.5 Å². The summed E-state index contributed by atoms with van der Waals surface area (Å²) in [7, 11) is 7.55. The number of ether oxygens (including phenoxy) is 2. The number of methoxy groups -OCH3 is 2. The van der Waals surface area contributed by atoms with Gasteiger partial charge in [0, 0.05) is 30.4 Å². The van der Waals surface area contributed by atoms with Crippen molar-refractivity contribution >= 4 is 22.5 Å². The molecule has 0 atom stereocenters. The SMILES string of the molecule is COc1ccc(Nc2ccc3c(C4CCN(C)CC4)cn(C)c3n2)cc1OC. The standard InChI is InChI=1S/C22H28N4O2/c1-25-11-9-15(10-12-25)18-14-26(2)22-17(18)6-8-21(24-22)23-16-5-7-19(27-3)20(13-16)28-4/h5-8,13-15H,9-12H2,1-4H3,(H,23,24). The number of hydrogen-bond acceptors (Lipinski definition) is 5. The molecule has 0 bridgehead atoms. The zero-order chi connectivity index (χ0) is 19.7. The fraction of sp³-hybridized carbons (Fsp3) is 0.409. The Balaban J connectivity index is 1.61. The number of likely N-dealkylation sites (tertiary alicyclic amines) is 1. The van der Waals surface area contributed by atoms with E-state index in [-0.39, 0.29) is 0 Å². The quantitative estimate of drug-likeness (QED) is 0.721. The maximum absolute atomic E-state index is 5.39. The minimum Gasteiger partial charge on any atom is -0.493 e. The summed E-state index contributed by atoms with van der Waals surface area (Å²) in [5.41, 5.74) is 3.35. The Morgan fingerprint density at radius 3 is 2.46 bits per heavy atom. The van der Waals surface area contributed by atoms with Crippen LogP contribution < -0.4 is 14.8 Å². The molecule has 0 radical (unpaired) electrons. The maximum Gasteiger partial charge on any atom is 0.162 e. The van der Waals surface area contributed by atoms with Crippen LogP contribution in [0.2, 0.25) is 0 Å². The lowest BCUT2D eigenvalue weighted by molar-refractivity contribution is 0.256. The van der Waals surface area contributed by atoms with Crippen molar-refractivity contribution in [1.29, 1.82) is 0 Å². The molecule has 1 N–H and O–H groups in total. The molecule has 1 saturated heterocycles. The van der Waals surface area contributed by atoms with Crippen molar-refractivity contribution in [2.24, 2.45) is 7.05 Å². The minimum atomic E-state index is 0.617. The summed E-state index contributed by atoms with van der Waals surface area (Å²) in [6, 6.07) is 10.0. The van der Waals surface area contributed by atoms with Gasteiger partial charge in [-0.1, -0.05) is 0 Å². The van der Waals surface area contributed by atoms with E-state index in [9.17, 15) is 0 Å². The molecule has 2 aromatic heterocycles. The molecule has 1 aliphatic heterocycles. The summed E-state index contributed by atoms with van der Waals surface area (Å²) < 4.78 is 12.8. The van der Waals surface area contributed by atoms with Crippen LogP contribution in [0.25, 0.3) is 11.0 Å². The molecule has 0 aliphatic carbocycles. The molecule has 3 heterocycles. The molecule has 0 spiro atoms. The maximum atomic E-state index is 5.39. The van der Waals surface area contributed by atoms with E-state index in [0.717, 1.165) is 30.2 Å². The summed E-state index contributed by atoms with van der Waals surface area (Å²) in [5.74, 6) is 2.83. The summed E-state index contributed by atoms with van der Waals surface area (Å²) >= 11 is 0. The fourth-order valence-corrected chi connectivity index (χ4v) is 4.06. The number of piperidine rings is 1. The number of anilines is 2. The zero-order valence-electron chi connectivity index (χ0n) is 17.0. The predicted molar refractivity (Wildman–Crippen MR) is 113 cm³/mol. The van der Waals surface area contributed by atoms with Gasteiger partial charge in [-0.25, -0.2) is 4.98 Å². The van der Waals surface area contributed by atoms with Crippen LogP contribution in [0, 0.1) is 0 Å². The number of rotatable bonds is 5. The molecular weight excluding hydrogens is 352 g/mol. The highest BCUT2D eigenvalue weighted by molar-refractivity contribution is 5.83. The Morgan fingerprint density at radius 1 is 1.00 bits per heavy atom. The summed E-state index contributed by atoms with van der Waals surface area (Å²) in [5, 5.41) is 4.64. The average Bonchev–Trinajstić information content (AvgIpc) is 3.04. The molecule has 28 heavy (non-hydrogen) atoms. The van der Waals surface area contributed by atoms with E-state index in [2.05, 4.69) is 47.2 Å². The normalized spacial score (nSPS) is 15.7. The van der Waals surface area contributed by atoms with Gasteiger partial charge >= 0.3 is 0 Å². The molecular formula is C22H28N4O2. The Morgan fingerprint density at radius 2 is 1.75 bits per heavy atom. The highest BCUT2D eigenvalue weighted by atomic mass is 16.5. The van der Waals surface area contributed by atoms with Crippen molar-refractivity contribution in [3.63, 3.8) is 0 Å². The molecule has 148 valence electrons. The Hall–Kier alpha value is -2.73. The van der Waals surface area contributed by atoms with E-state index in [0.29, 0.717) is 17.4 Å². The van der Waals surface area contributed by atoms with Crippen LogP contribution in [0.5, 0.6) is 11.5 Å². The molecule has 6 heteroatoms. The number of hydrogen-bond donors (Lipinski definition) is 1. The zero-order valence-corrected chi connectivity index (χ0v) is 17.0. The first-order valence-electron chi connectivity index (χ1n) is 9.72. The van der Waals surface area contributed by atoms with E-state index < -0.39 is 0 Å². The Kier molecular flexibility index (Phi) is 5.13. The van der Waals surface area contributed by atoms with Crippen LogP contribution in [0.4, 0.5) is 11.5 Å². The number of nitrogens with one attached hydrogen (secondary N) is 1. The largest absolute Gasteiger partial charge is 0.493 e. The second-order valence-corrected chi connectivity index (χ2v) is 7.54. The van der Waals surface area contributed by atoms with Gasteiger partial charge in [0.25, 0.3) is 0 Å². The number of benzene rings is 1. The predicted octanol–water partition coefficient (Wildman–Crippen LogP) is 4.14. The van der Waals surface area contributed by atoms with Crippen molar-refractivity contribution in [2.45, 2.75) is 18.8 Å². The lowest BCUT2D eigenvalue weighted by Crippen LogP contribution is -2.29. The summed E-state index contributed by atoms with van der Waals surface area (Å²) in [4.78, 5) is 7.28. The third kappa shape index (κ3) is 3.52. The molecule has 3 aromatic rings. The van der Waals surface area contributed by atoms with Crippen LogP contribution in [0.3, 0.4) is 0 Å². The first-order valence-corrected chi connectivity index (χ1v) is 9.72. The molecule has 0 amide bonds. The molecule has 4 rings (SSSR count). The number of aryl methyl sites for hydroxylation is 1. The van der Waals surface area contributed by atoms with Crippen LogP contribution in [0.1, 0.15) is 24.3 Å². The van der Waals surface area contributed by atoms with Crippen LogP contribution in [0.15, 0.2) is 36.5 Å². The van der Waals surface area contributed by atoms with Gasteiger partial charge in [0.2, 0.25) is 0 Å². The monoisotopic (exact) mass is 380 g/mol. The van der Waals surface area contributed by atoms with Crippen LogP contribution in [-0.4, -0.2) is 48.8 Å². The molecule has 0 saturated carbocycles. The highest BCUT2D eigenvalue weighted by Gasteiger charge is 2.22. The molecule has 0 unspecified atom stereocenters. The van der Waals surface area contributed by atoms with Gasteiger partial charge in [-0.05, 0) is 68.7 Å². The van der Waals surface area contributed by atoms with E-state index >= 15 is 0 Å². The van der Waals surface area contributed by atoms with E-state index in [1.54, 1.807) is 14.2 Å². The van der Waals surface area contributed by atoms with E-state index in [1.807, 2.05) is 18.2 Å². The van der Waals surface area contributed by atoms with E-state index in [1.165, 1.54) is 23.8 Å². The fourth-order valence-electron chi connectivity index (χ4n) is 4.06. The third-order valence-electron chi connectivity index (χ3n) is 5.67. The van der Waals surface area contributed by atoms with Crippen molar-refractivity contribution in [2.75, 3.05) is 39.7 Å². The Bertz CT molecular complexity index is 974. The average molecular weight is 380 g/mol. The third-order valence-corrected chi connectivity index (χ3v) is 5.67. The highest BCUT2D eigenvalue weighted by Crippen LogP contribution is 2.35. The number of nitrogens with zero attached hydrogens (tertiary/aromatic N) is 3. The summed E-state index contributed by atoms with van der Waals surface area (Å²) in [6.45, 7) is 2.32. The van der Waals surface area contributed by atoms with Crippen molar-refractivity contribution < 1.29 is 9.47 Å². The topological polar surface area (TPSA) is 51.5 Å². The second-order valence-electron chi connectivity index (χ2n) is 7.54. The van der Waals surface area contributed by atoms with Gasteiger partial charge in [0.1, 0.15) is 11.5 Å². The van der Waals surface area contributed by atoms with Crippen molar-refractivity contribution in [3.05, 3.63) is 42.1 Å². The van der Waals surface area contributed by atoms with Gasteiger partial charge < -0.3 is 24.3 Å². The van der Waals surface area contributed by atoms with Crippen molar-refractivity contribution in [1.82, 2.24) is 14.5 Å². The minimum absolute atomic E-state index is 0.617. The molecule has 1 aromatic carbocycles. The molecule has 1 fully saturated rings. The first kappa shape index (κ1) is 18.6. The van der Waals surface area contributed by atoms with Gasteiger partial charge in [-0.15, -0.1) is 0 Å². The van der Waals surface area contributed by atoms with Gasteiger partial charge in [0.05, 0.1) is 14.2 Å². The first-order chi connectivity index (χ1) is 13.6. The van der Waals surface area contributed by atoms with Crippen LogP contribution in [-0.2, 0) is 7.05 Å². The van der Waals surface area contributed by atoms with Crippen LogP contribution >= 0.6 is 0 Å². The number of pyridine rings is 1. The summed E-state index contributed by atoms with van der Waals surface area (Å²) in [6.07, 6.45) is 4.68.